The highest BCUT2D eigenvalue weighted by molar-refractivity contribution is 14.1. The molecule has 0 amide bonds. The number of benzene rings is 2. The first-order valence-corrected chi connectivity index (χ1v) is 6.93. The minimum atomic E-state index is 1.06. The van der Waals surface area contributed by atoms with Crippen molar-refractivity contribution in [3.63, 3.8) is 0 Å². The van der Waals surface area contributed by atoms with Crippen LogP contribution in [0.5, 0.6) is 0 Å². The van der Waals surface area contributed by atoms with E-state index in [2.05, 4.69) is 74.2 Å². The third-order valence-corrected chi connectivity index (χ3v) is 3.65. The van der Waals surface area contributed by atoms with Gasteiger partial charge in [0.25, 0.3) is 0 Å². The number of hydrogen-bond donors (Lipinski definition) is 2. The Labute approximate surface area is 122 Å². The topological polar surface area (TPSA) is 24.1 Å². The monoisotopic (exact) mass is 436 g/mol. The Hall–Kier alpha value is -0.500. The second-order valence-electron chi connectivity index (χ2n) is 3.24. The molecule has 2 N–H and O–H groups in total. The van der Waals surface area contributed by atoms with Crippen molar-refractivity contribution in [3.8, 4) is 0 Å². The molecule has 0 aliphatic carbocycles. The lowest BCUT2D eigenvalue weighted by molar-refractivity contribution is 1.39. The molecule has 0 heterocycles. The van der Waals surface area contributed by atoms with Crippen LogP contribution in [0.4, 0.5) is 11.4 Å². The van der Waals surface area contributed by atoms with Crippen LogP contribution in [0.3, 0.4) is 0 Å². The van der Waals surface area contributed by atoms with Gasteiger partial charge in [-0.1, -0.05) is 18.2 Å². The normalized spacial score (nSPS) is 9.88. The molecule has 2 nitrogen and oxygen atoms in total. The molecule has 4 heteroatoms. The SMILES string of the molecule is Ic1cccc(NNc2ccccc2I)c1. The van der Waals surface area contributed by atoms with Crippen LogP contribution in [0, 0.1) is 7.14 Å². The van der Waals surface area contributed by atoms with Crippen molar-refractivity contribution in [2.45, 2.75) is 0 Å². The van der Waals surface area contributed by atoms with Gasteiger partial charge in [0.2, 0.25) is 0 Å². The van der Waals surface area contributed by atoms with E-state index in [9.17, 15) is 0 Å². The lowest BCUT2D eigenvalue weighted by Crippen LogP contribution is -2.09. The van der Waals surface area contributed by atoms with Gasteiger partial charge in [-0.3, -0.25) is 5.43 Å². The van der Waals surface area contributed by atoms with Crippen LogP contribution in [0.15, 0.2) is 48.5 Å². The van der Waals surface area contributed by atoms with Gasteiger partial charge in [0.15, 0.2) is 0 Å². The fraction of sp³-hybridized carbons (Fsp3) is 0. The molecule has 0 radical (unpaired) electrons. The van der Waals surface area contributed by atoms with Gasteiger partial charge in [-0.15, -0.1) is 0 Å². The molecule has 0 saturated carbocycles. The summed E-state index contributed by atoms with van der Waals surface area (Å²) in [6.07, 6.45) is 0. The zero-order chi connectivity index (χ0) is 11.4. The fourth-order valence-electron chi connectivity index (χ4n) is 1.27. The summed E-state index contributed by atoms with van der Waals surface area (Å²) in [5.74, 6) is 0. The molecule has 2 rings (SSSR count). The second kappa shape index (κ2) is 5.72. The molecule has 16 heavy (non-hydrogen) atoms. The molecule has 0 unspecified atom stereocenters. The molecule has 0 atom stereocenters. The van der Waals surface area contributed by atoms with E-state index in [-0.39, 0.29) is 0 Å². The summed E-state index contributed by atoms with van der Waals surface area (Å²) in [6.45, 7) is 0. The Kier molecular flexibility index (Phi) is 4.28. The minimum Gasteiger partial charge on any atom is -0.301 e. The third kappa shape index (κ3) is 3.24. The Morgan fingerprint density at radius 3 is 2.38 bits per heavy atom. The summed E-state index contributed by atoms with van der Waals surface area (Å²) >= 11 is 4.60. The zero-order valence-electron chi connectivity index (χ0n) is 8.37. The predicted molar refractivity (Wildman–Crippen MR) is 85.6 cm³/mol. The van der Waals surface area contributed by atoms with Crippen molar-refractivity contribution >= 4 is 56.6 Å². The van der Waals surface area contributed by atoms with E-state index in [1.165, 1.54) is 7.14 Å². The summed E-state index contributed by atoms with van der Waals surface area (Å²) < 4.78 is 2.41. The van der Waals surface area contributed by atoms with Gasteiger partial charge >= 0.3 is 0 Å². The highest BCUT2D eigenvalue weighted by atomic mass is 127. The van der Waals surface area contributed by atoms with E-state index in [0.29, 0.717) is 0 Å². The average Bonchev–Trinajstić information content (AvgIpc) is 2.28. The second-order valence-corrected chi connectivity index (χ2v) is 5.65. The van der Waals surface area contributed by atoms with Gasteiger partial charge in [-0.25, -0.2) is 0 Å². The molecule has 2 aromatic rings. The Morgan fingerprint density at radius 2 is 1.62 bits per heavy atom. The smallest absolute Gasteiger partial charge is 0.0673 e. The number of halogens is 2. The lowest BCUT2D eigenvalue weighted by atomic mass is 10.3. The van der Waals surface area contributed by atoms with Gasteiger partial charge in [-0.2, -0.15) is 0 Å². The van der Waals surface area contributed by atoms with Crippen molar-refractivity contribution in [1.82, 2.24) is 0 Å². The molecule has 0 saturated heterocycles. The van der Waals surface area contributed by atoms with E-state index in [0.717, 1.165) is 11.4 Å². The maximum atomic E-state index is 3.20. The summed E-state index contributed by atoms with van der Waals surface area (Å²) in [5.41, 5.74) is 8.53. The van der Waals surface area contributed by atoms with Gasteiger partial charge in [0.05, 0.1) is 11.4 Å². The molecular weight excluding hydrogens is 426 g/mol. The van der Waals surface area contributed by atoms with Gasteiger partial charge in [-0.05, 0) is 75.5 Å². The van der Waals surface area contributed by atoms with Crippen LogP contribution in [0.2, 0.25) is 0 Å². The molecule has 0 spiro atoms. The van der Waals surface area contributed by atoms with Gasteiger partial charge in [0, 0.05) is 7.14 Å². The average molecular weight is 436 g/mol. The number of hydrazine groups is 1. The molecule has 2 aromatic carbocycles. The first-order valence-electron chi connectivity index (χ1n) is 4.78. The van der Waals surface area contributed by atoms with Crippen LogP contribution < -0.4 is 10.9 Å². The maximum absolute atomic E-state index is 3.20. The molecule has 0 aliphatic heterocycles. The van der Waals surface area contributed by atoms with Crippen molar-refractivity contribution in [1.29, 1.82) is 0 Å². The zero-order valence-corrected chi connectivity index (χ0v) is 12.7. The van der Waals surface area contributed by atoms with Gasteiger partial charge < -0.3 is 5.43 Å². The summed E-state index contributed by atoms with van der Waals surface area (Å²) in [4.78, 5) is 0. The third-order valence-electron chi connectivity index (χ3n) is 2.04. The largest absolute Gasteiger partial charge is 0.301 e. The fourth-order valence-corrected chi connectivity index (χ4v) is 2.33. The first-order chi connectivity index (χ1) is 7.75. The summed E-state index contributed by atoms with van der Waals surface area (Å²) in [5, 5.41) is 0. The Balaban J connectivity index is 2.05. The highest BCUT2D eigenvalue weighted by Crippen LogP contribution is 2.18. The first kappa shape index (κ1) is 12.0. The molecule has 0 aliphatic rings. The summed E-state index contributed by atoms with van der Waals surface area (Å²) in [7, 11) is 0. The van der Waals surface area contributed by atoms with Crippen LogP contribution in [-0.2, 0) is 0 Å². The number of hydrogen-bond acceptors (Lipinski definition) is 2. The van der Waals surface area contributed by atoms with Crippen molar-refractivity contribution in [2.24, 2.45) is 0 Å². The van der Waals surface area contributed by atoms with E-state index in [4.69, 9.17) is 0 Å². The summed E-state index contributed by atoms with van der Waals surface area (Å²) in [6, 6.07) is 16.4. The van der Waals surface area contributed by atoms with Crippen molar-refractivity contribution in [3.05, 3.63) is 55.7 Å². The molecular formula is C12H10I2N2. The van der Waals surface area contributed by atoms with Gasteiger partial charge in [0.1, 0.15) is 0 Å². The lowest BCUT2D eigenvalue weighted by Gasteiger charge is -2.11. The number of anilines is 2. The predicted octanol–water partition coefficient (Wildman–Crippen LogP) is 4.33. The van der Waals surface area contributed by atoms with E-state index in [1.54, 1.807) is 0 Å². The number of para-hydroxylation sites is 1. The Morgan fingerprint density at radius 1 is 0.812 bits per heavy atom. The van der Waals surface area contributed by atoms with E-state index >= 15 is 0 Å². The van der Waals surface area contributed by atoms with Crippen LogP contribution in [0.1, 0.15) is 0 Å². The van der Waals surface area contributed by atoms with E-state index in [1.807, 2.05) is 30.3 Å². The van der Waals surface area contributed by atoms with Crippen molar-refractivity contribution < 1.29 is 0 Å². The quantitative estimate of drug-likeness (QED) is 0.553. The molecule has 0 bridgehead atoms. The molecule has 0 fully saturated rings. The number of rotatable bonds is 3. The Bertz CT molecular complexity index is 486. The van der Waals surface area contributed by atoms with Crippen LogP contribution >= 0.6 is 45.2 Å². The van der Waals surface area contributed by atoms with E-state index < -0.39 is 0 Å². The van der Waals surface area contributed by atoms with Crippen LogP contribution in [-0.4, -0.2) is 0 Å². The minimum absolute atomic E-state index is 1.06. The number of nitrogens with one attached hydrogen (secondary N) is 2. The van der Waals surface area contributed by atoms with Crippen molar-refractivity contribution in [2.75, 3.05) is 10.9 Å². The standard InChI is InChI=1S/C12H10I2N2/c13-9-4-3-5-10(8-9)15-16-12-7-2-1-6-11(12)14/h1-8,15-16H. The highest BCUT2D eigenvalue weighted by Gasteiger charge is 1.97. The molecule has 82 valence electrons. The maximum Gasteiger partial charge on any atom is 0.0673 e. The molecule has 0 aromatic heterocycles. The van der Waals surface area contributed by atoms with Crippen LogP contribution in [0.25, 0.3) is 0 Å².